The normalized spacial score (nSPS) is 13.0. The molecule has 136 valence electrons. The Labute approximate surface area is 141 Å². The molecule has 0 fully saturated rings. The van der Waals surface area contributed by atoms with Crippen LogP contribution in [0.5, 0.6) is 0 Å². The maximum atomic E-state index is 10.2. The van der Waals surface area contributed by atoms with Crippen molar-refractivity contribution in [1.82, 2.24) is 0 Å². The predicted octanol–water partition coefficient (Wildman–Crippen LogP) is 1.00. The lowest BCUT2D eigenvalue weighted by Gasteiger charge is -2.11. The summed E-state index contributed by atoms with van der Waals surface area (Å²) in [5, 5.41) is 24.4. The molecule has 1 aromatic carbocycles. The molecule has 0 saturated carbocycles. The van der Waals surface area contributed by atoms with Gasteiger partial charge in [0.25, 0.3) is 0 Å². The molecule has 0 bridgehead atoms. The summed E-state index contributed by atoms with van der Waals surface area (Å²) >= 11 is 0. The zero-order chi connectivity index (χ0) is 19.1. The number of hydrogen-bond donors (Lipinski definition) is 5. The van der Waals surface area contributed by atoms with Crippen LogP contribution in [-0.2, 0) is 14.4 Å². The molecule has 0 spiro atoms. The highest BCUT2D eigenvalue weighted by molar-refractivity contribution is 5.80. The van der Waals surface area contributed by atoms with Gasteiger partial charge in [0.05, 0.1) is 6.42 Å². The predicted molar refractivity (Wildman–Crippen MR) is 89.4 cm³/mol. The van der Waals surface area contributed by atoms with Gasteiger partial charge in [-0.05, 0) is 5.92 Å². The molecule has 3 atom stereocenters. The Morgan fingerprint density at radius 2 is 1.25 bits per heavy atom. The lowest BCUT2D eigenvalue weighted by Crippen LogP contribution is -2.36. The highest BCUT2D eigenvalue weighted by Crippen LogP contribution is 2.04. The van der Waals surface area contributed by atoms with Crippen LogP contribution in [0.3, 0.4) is 0 Å². The zero-order valence-corrected chi connectivity index (χ0v) is 13.8. The summed E-state index contributed by atoms with van der Waals surface area (Å²) in [7, 11) is 0. The van der Waals surface area contributed by atoms with E-state index in [4.69, 9.17) is 26.8 Å². The number of rotatable bonds is 6. The molecule has 0 heterocycles. The first-order valence-corrected chi connectivity index (χ1v) is 7.32. The quantitative estimate of drug-likeness (QED) is 0.511. The standard InChI is InChI=1S/C6H13NO2.C6H6.C4H7NO4/c1-3-4(2)5(7)6(8)9;1-2-4-6-5-3-1;5-2(4(8)9)1-3(6)7/h4-5H,3,7H2,1-2H3,(H,8,9);1-6H;2H,1,5H2,(H,6,7)(H,8,9). The topological polar surface area (TPSA) is 164 Å². The Hall–Kier alpha value is -2.45. The first kappa shape index (κ1) is 23.8. The van der Waals surface area contributed by atoms with E-state index >= 15 is 0 Å². The van der Waals surface area contributed by atoms with E-state index in [9.17, 15) is 14.4 Å². The fraction of sp³-hybridized carbons (Fsp3) is 0.438. The fourth-order valence-electron chi connectivity index (χ4n) is 1.16. The minimum atomic E-state index is -1.29. The van der Waals surface area contributed by atoms with Gasteiger partial charge >= 0.3 is 17.9 Å². The summed E-state index contributed by atoms with van der Waals surface area (Å²) in [5.41, 5.74) is 10.1. The molecule has 7 N–H and O–H groups in total. The number of carboxylic acids is 3. The summed E-state index contributed by atoms with van der Waals surface area (Å²) in [6, 6.07) is 10.0. The second-order valence-corrected chi connectivity index (χ2v) is 4.95. The van der Waals surface area contributed by atoms with E-state index in [0.717, 1.165) is 6.42 Å². The Morgan fingerprint density at radius 1 is 0.875 bits per heavy atom. The molecule has 3 unspecified atom stereocenters. The summed E-state index contributed by atoms with van der Waals surface area (Å²) in [6.45, 7) is 3.76. The molecule has 8 nitrogen and oxygen atoms in total. The maximum absolute atomic E-state index is 10.2. The van der Waals surface area contributed by atoms with Gasteiger partial charge in [-0.3, -0.25) is 14.4 Å². The highest BCUT2D eigenvalue weighted by atomic mass is 16.4. The zero-order valence-electron chi connectivity index (χ0n) is 13.8. The molecule has 0 saturated heterocycles. The highest BCUT2D eigenvalue weighted by Gasteiger charge is 2.17. The van der Waals surface area contributed by atoms with Crippen LogP contribution >= 0.6 is 0 Å². The Morgan fingerprint density at radius 3 is 1.38 bits per heavy atom. The largest absolute Gasteiger partial charge is 0.481 e. The van der Waals surface area contributed by atoms with Crippen molar-refractivity contribution in [3.8, 4) is 0 Å². The molecular weight excluding hydrogens is 316 g/mol. The first-order chi connectivity index (χ1) is 11.1. The van der Waals surface area contributed by atoms with Gasteiger partial charge < -0.3 is 26.8 Å². The molecular formula is C16H26N2O6. The smallest absolute Gasteiger partial charge is 0.321 e. The van der Waals surface area contributed by atoms with E-state index in [1.807, 2.05) is 50.2 Å². The fourth-order valence-corrected chi connectivity index (χ4v) is 1.16. The number of carboxylic acid groups (broad SMARTS) is 3. The Balaban J connectivity index is 0. The van der Waals surface area contributed by atoms with E-state index in [1.165, 1.54) is 0 Å². The Bertz CT molecular complexity index is 454. The van der Waals surface area contributed by atoms with Crippen molar-refractivity contribution in [2.75, 3.05) is 0 Å². The molecule has 1 rings (SSSR count). The minimum Gasteiger partial charge on any atom is -0.481 e. The number of benzene rings is 1. The lowest BCUT2D eigenvalue weighted by molar-refractivity contribution is -0.144. The molecule has 8 heteroatoms. The SMILES string of the molecule is CCC(C)C(N)C(=O)O.NC(CC(=O)O)C(=O)O.c1ccccc1. The third-order valence-electron chi connectivity index (χ3n) is 2.92. The monoisotopic (exact) mass is 342 g/mol. The van der Waals surface area contributed by atoms with Crippen molar-refractivity contribution >= 4 is 17.9 Å². The summed E-state index contributed by atoms with van der Waals surface area (Å²) in [5.74, 6) is -3.34. The van der Waals surface area contributed by atoms with Crippen LogP contribution in [0.25, 0.3) is 0 Å². The number of carbonyl (C=O) groups is 3. The van der Waals surface area contributed by atoms with Crippen molar-refractivity contribution in [2.24, 2.45) is 17.4 Å². The molecule has 0 amide bonds. The second kappa shape index (κ2) is 14.2. The van der Waals surface area contributed by atoms with Gasteiger partial charge in [0.1, 0.15) is 12.1 Å². The second-order valence-electron chi connectivity index (χ2n) is 4.95. The maximum Gasteiger partial charge on any atom is 0.321 e. The van der Waals surface area contributed by atoms with Crippen LogP contribution in [0.15, 0.2) is 36.4 Å². The van der Waals surface area contributed by atoms with Crippen LogP contribution < -0.4 is 11.5 Å². The van der Waals surface area contributed by atoms with E-state index in [0.29, 0.717) is 0 Å². The van der Waals surface area contributed by atoms with E-state index in [-0.39, 0.29) is 5.92 Å². The van der Waals surface area contributed by atoms with Crippen molar-refractivity contribution in [1.29, 1.82) is 0 Å². The van der Waals surface area contributed by atoms with Gasteiger partial charge in [-0.1, -0.05) is 56.7 Å². The van der Waals surface area contributed by atoms with Gasteiger partial charge in [-0.2, -0.15) is 0 Å². The third-order valence-corrected chi connectivity index (χ3v) is 2.92. The van der Waals surface area contributed by atoms with Crippen molar-refractivity contribution < 1.29 is 29.7 Å². The molecule has 0 aliphatic carbocycles. The van der Waals surface area contributed by atoms with Gasteiger partial charge in [0.15, 0.2) is 0 Å². The van der Waals surface area contributed by atoms with Crippen molar-refractivity contribution in [2.45, 2.75) is 38.8 Å². The first-order valence-electron chi connectivity index (χ1n) is 7.32. The number of hydrogen-bond acceptors (Lipinski definition) is 5. The molecule has 24 heavy (non-hydrogen) atoms. The van der Waals surface area contributed by atoms with Crippen LogP contribution in [-0.4, -0.2) is 45.3 Å². The average Bonchev–Trinajstić information content (AvgIpc) is 2.55. The van der Waals surface area contributed by atoms with Crippen molar-refractivity contribution in [3.05, 3.63) is 36.4 Å². The summed E-state index contributed by atoms with van der Waals surface area (Å²) in [6.07, 6.45) is 0.281. The third kappa shape index (κ3) is 14.5. The average molecular weight is 342 g/mol. The van der Waals surface area contributed by atoms with Crippen LogP contribution in [0, 0.1) is 5.92 Å². The van der Waals surface area contributed by atoms with Crippen molar-refractivity contribution in [3.63, 3.8) is 0 Å². The lowest BCUT2D eigenvalue weighted by atomic mass is 10.0. The van der Waals surface area contributed by atoms with Gasteiger partial charge in [-0.15, -0.1) is 0 Å². The van der Waals surface area contributed by atoms with Crippen LogP contribution in [0.1, 0.15) is 26.7 Å². The number of nitrogens with two attached hydrogens (primary N) is 2. The van der Waals surface area contributed by atoms with Crippen LogP contribution in [0.2, 0.25) is 0 Å². The molecule has 0 radical (unpaired) electrons. The molecule has 0 aromatic heterocycles. The summed E-state index contributed by atoms with van der Waals surface area (Å²) < 4.78 is 0. The van der Waals surface area contributed by atoms with E-state index in [1.54, 1.807) is 0 Å². The Kier molecular flexibility index (Phi) is 14.1. The van der Waals surface area contributed by atoms with Gasteiger partial charge in [-0.25, -0.2) is 0 Å². The van der Waals surface area contributed by atoms with Gasteiger partial charge in [0.2, 0.25) is 0 Å². The molecule has 1 aromatic rings. The molecule has 0 aliphatic heterocycles. The minimum absolute atomic E-state index is 0.0718. The van der Waals surface area contributed by atoms with E-state index in [2.05, 4.69) is 0 Å². The van der Waals surface area contributed by atoms with Crippen LogP contribution in [0.4, 0.5) is 0 Å². The number of aliphatic carboxylic acids is 3. The van der Waals surface area contributed by atoms with E-state index < -0.39 is 36.4 Å². The molecule has 0 aliphatic rings. The van der Waals surface area contributed by atoms with Gasteiger partial charge in [0, 0.05) is 0 Å². The summed E-state index contributed by atoms with van der Waals surface area (Å²) in [4.78, 5) is 29.8.